The highest BCUT2D eigenvalue weighted by atomic mass is 19.4. The highest BCUT2D eigenvalue weighted by Crippen LogP contribution is 2.35. The number of amides is 1. The lowest BCUT2D eigenvalue weighted by atomic mass is 9.98. The molecule has 4 aromatic rings. The molecule has 15 heteroatoms. The van der Waals surface area contributed by atoms with E-state index < -0.39 is 30.1 Å². The van der Waals surface area contributed by atoms with Gasteiger partial charge in [0.05, 0.1) is 24.0 Å². The van der Waals surface area contributed by atoms with Crippen molar-refractivity contribution >= 4 is 11.7 Å². The molecule has 1 amide bonds. The lowest BCUT2D eigenvalue weighted by Crippen LogP contribution is -2.31. The summed E-state index contributed by atoms with van der Waals surface area (Å²) in [7, 11) is 0. The third-order valence-corrected chi connectivity index (χ3v) is 6.31. The molecule has 1 aliphatic rings. The second kappa shape index (κ2) is 9.85. The second-order valence-electron chi connectivity index (χ2n) is 8.95. The maximum Gasteiger partial charge on any atom is 0.573 e. The van der Waals surface area contributed by atoms with Gasteiger partial charge >= 0.3 is 12.5 Å². The first kappa shape index (κ1) is 26.4. The topological polar surface area (TPSA) is 99.2 Å². The summed E-state index contributed by atoms with van der Waals surface area (Å²) in [4.78, 5) is 25.4. The number of halogens is 6. The lowest BCUT2D eigenvalue weighted by Gasteiger charge is -2.24. The van der Waals surface area contributed by atoms with E-state index in [1.54, 1.807) is 31.2 Å². The summed E-state index contributed by atoms with van der Waals surface area (Å²) in [6, 6.07) is 6.81. The molecule has 5 rings (SSSR count). The molecular formula is C24H21F6N7O2. The quantitative estimate of drug-likeness (QED) is 0.353. The highest BCUT2D eigenvalue weighted by Gasteiger charge is 2.42. The number of carbonyl (C=O) groups is 1. The van der Waals surface area contributed by atoms with Crippen LogP contribution in [0.1, 0.15) is 40.9 Å². The molecule has 0 bridgehead atoms. The Morgan fingerprint density at radius 2 is 1.87 bits per heavy atom. The summed E-state index contributed by atoms with van der Waals surface area (Å²) in [5.41, 5.74) is 1.68. The number of fused-ring (bicyclic) bond motifs is 2. The van der Waals surface area contributed by atoms with Gasteiger partial charge in [0.25, 0.3) is 5.91 Å². The molecule has 0 saturated carbocycles. The van der Waals surface area contributed by atoms with Gasteiger partial charge in [0.2, 0.25) is 5.78 Å². The number of carbonyl (C=O) groups excluding carboxylic acids is 1. The molecule has 0 saturated heterocycles. The minimum absolute atomic E-state index is 0.0363. The predicted molar refractivity (Wildman–Crippen MR) is 124 cm³/mol. The second-order valence-corrected chi connectivity index (χ2v) is 8.95. The molecular weight excluding hydrogens is 532 g/mol. The van der Waals surface area contributed by atoms with E-state index >= 15 is 0 Å². The fraction of sp³-hybridized carbons (Fsp3) is 0.375. The Morgan fingerprint density at radius 3 is 2.54 bits per heavy atom. The van der Waals surface area contributed by atoms with E-state index in [1.807, 2.05) is 0 Å². The van der Waals surface area contributed by atoms with Gasteiger partial charge in [0.1, 0.15) is 11.5 Å². The normalized spacial score (nSPS) is 15.8. The van der Waals surface area contributed by atoms with Crippen molar-refractivity contribution in [3.63, 3.8) is 0 Å². The maximum atomic E-state index is 13.1. The first-order chi connectivity index (χ1) is 18.4. The number of benzene rings is 1. The number of aromatic nitrogens is 6. The van der Waals surface area contributed by atoms with Crippen molar-refractivity contribution in [1.82, 2.24) is 34.4 Å². The van der Waals surface area contributed by atoms with E-state index in [9.17, 15) is 31.1 Å². The Balaban J connectivity index is 1.29. The average molecular weight is 553 g/mol. The van der Waals surface area contributed by atoms with E-state index in [2.05, 4.69) is 30.1 Å². The molecule has 0 fully saturated rings. The molecule has 9 nitrogen and oxygen atoms in total. The van der Waals surface area contributed by atoms with Crippen LogP contribution >= 0.6 is 0 Å². The standard InChI is InChI=1S/C24H21F6N7O2/c1-2-17-19(36-12-16(39-24(28,29)30)11-32-22(36)33-17)21(38)31-10-13-3-5-14(6-4-13)20-34-18-9-15(23(25,26)27)7-8-37(18)35-20/h3-6,11-12,15H,2,7-10H2,1H3,(H,31,38)/t15-/m1/s1. The Morgan fingerprint density at radius 1 is 1.13 bits per heavy atom. The van der Waals surface area contributed by atoms with Crippen molar-refractivity contribution in [1.29, 1.82) is 0 Å². The zero-order chi connectivity index (χ0) is 27.9. The van der Waals surface area contributed by atoms with Crippen LogP contribution in [-0.2, 0) is 25.9 Å². The van der Waals surface area contributed by atoms with Gasteiger partial charge in [-0.15, -0.1) is 13.2 Å². The van der Waals surface area contributed by atoms with Crippen molar-refractivity contribution in [2.45, 2.75) is 51.8 Å². The number of ether oxygens (including phenoxy) is 1. The van der Waals surface area contributed by atoms with Crippen molar-refractivity contribution in [3.05, 3.63) is 59.4 Å². The lowest BCUT2D eigenvalue weighted by molar-refractivity contribution is -0.274. The molecule has 206 valence electrons. The van der Waals surface area contributed by atoms with Gasteiger partial charge in [-0.25, -0.2) is 19.6 Å². The third kappa shape index (κ3) is 5.66. The minimum atomic E-state index is -4.92. The SMILES string of the molecule is CCc1nc2ncc(OC(F)(F)F)cn2c1C(=O)NCc1ccc(-c2nc3n(n2)CC[C@@H](C(F)(F)F)C3)cc1. The maximum absolute atomic E-state index is 13.1. The monoisotopic (exact) mass is 553 g/mol. The van der Waals surface area contributed by atoms with Gasteiger partial charge in [0.15, 0.2) is 11.6 Å². The first-order valence-electron chi connectivity index (χ1n) is 11.9. The van der Waals surface area contributed by atoms with Crippen LogP contribution in [-0.4, -0.2) is 47.6 Å². The molecule has 0 spiro atoms. The molecule has 1 aliphatic heterocycles. The number of nitrogens with zero attached hydrogens (tertiary/aromatic N) is 6. The largest absolute Gasteiger partial charge is 0.573 e. The number of hydrogen-bond acceptors (Lipinski definition) is 6. The summed E-state index contributed by atoms with van der Waals surface area (Å²) in [6.45, 7) is 1.97. The average Bonchev–Trinajstić information content (AvgIpc) is 3.46. The van der Waals surface area contributed by atoms with Crippen LogP contribution in [0.3, 0.4) is 0 Å². The van der Waals surface area contributed by atoms with E-state index in [-0.39, 0.29) is 43.2 Å². The molecule has 4 heterocycles. The van der Waals surface area contributed by atoms with Crippen LogP contribution in [0.25, 0.3) is 17.2 Å². The van der Waals surface area contributed by atoms with E-state index in [1.165, 1.54) is 4.68 Å². The summed E-state index contributed by atoms with van der Waals surface area (Å²) >= 11 is 0. The van der Waals surface area contributed by atoms with E-state index in [0.29, 0.717) is 29.1 Å². The number of rotatable bonds is 6. The fourth-order valence-corrected chi connectivity index (χ4v) is 4.38. The number of nitrogens with one attached hydrogen (secondary N) is 1. The summed E-state index contributed by atoms with van der Waals surface area (Å²) in [5, 5.41) is 7.05. The zero-order valence-corrected chi connectivity index (χ0v) is 20.3. The van der Waals surface area contributed by atoms with Crippen LogP contribution in [0.2, 0.25) is 0 Å². The smallest absolute Gasteiger partial charge is 0.403 e. The van der Waals surface area contributed by atoms with Crippen LogP contribution in [0.4, 0.5) is 26.3 Å². The Hall–Kier alpha value is -4.17. The van der Waals surface area contributed by atoms with Gasteiger partial charge in [-0.2, -0.15) is 18.3 Å². The molecule has 3 aromatic heterocycles. The molecule has 39 heavy (non-hydrogen) atoms. The van der Waals surface area contributed by atoms with Crippen LogP contribution < -0.4 is 10.1 Å². The summed E-state index contributed by atoms with van der Waals surface area (Å²) in [5.74, 6) is -1.96. The van der Waals surface area contributed by atoms with E-state index in [4.69, 9.17) is 0 Å². The van der Waals surface area contributed by atoms with Crippen molar-refractivity contribution in [2.24, 2.45) is 5.92 Å². The van der Waals surface area contributed by atoms with Crippen LogP contribution in [0.5, 0.6) is 5.75 Å². The van der Waals surface area contributed by atoms with Crippen LogP contribution in [0.15, 0.2) is 36.7 Å². The summed E-state index contributed by atoms with van der Waals surface area (Å²) in [6.07, 6.45) is -7.25. The molecule has 1 atom stereocenters. The fourth-order valence-electron chi connectivity index (χ4n) is 4.38. The predicted octanol–water partition coefficient (Wildman–Crippen LogP) is 4.50. The molecule has 0 aliphatic carbocycles. The molecule has 1 aromatic carbocycles. The third-order valence-electron chi connectivity index (χ3n) is 6.31. The highest BCUT2D eigenvalue weighted by molar-refractivity contribution is 5.94. The van der Waals surface area contributed by atoms with Gasteiger partial charge < -0.3 is 10.1 Å². The molecule has 0 unspecified atom stereocenters. The molecule has 1 N–H and O–H groups in total. The van der Waals surface area contributed by atoms with E-state index in [0.717, 1.165) is 16.8 Å². The zero-order valence-electron chi connectivity index (χ0n) is 20.3. The first-order valence-corrected chi connectivity index (χ1v) is 11.9. The Labute approximate surface area is 216 Å². The van der Waals surface area contributed by atoms with Crippen molar-refractivity contribution in [3.8, 4) is 17.1 Å². The molecule has 0 radical (unpaired) electrons. The van der Waals surface area contributed by atoms with Gasteiger partial charge in [-0.1, -0.05) is 31.2 Å². The van der Waals surface area contributed by atoms with Crippen molar-refractivity contribution < 1.29 is 35.9 Å². The minimum Gasteiger partial charge on any atom is -0.403 e. The van der Waals surface area contributed by atoms with Gasteiger partial charge in [0, 0.05) is 25.1 Å². The number of imidazole rings is 1. The Bertz CT molecular complexity index is 1510. The number of alkyl halides is 6. The van der Waals surface area contributed by atoms with Crippen LogP contribution in [0, 0.1) is 5.92 Å². The van der Waals surface area contributed by atoms with Crippen molar-refractivity contribution in [2.75, 3.05) is 0 Å². The van der Waals surface area contributed by atoms with Gasteiger partial charge in [-0.05, 0) is 18.4 Å². The number of aryl methyl sites for hydroxylation is 2. The Kier molecular flexibility index (Phi) is 6.68. The number of hydrogen-bond donors (Lipinski definition) is 1. The van der Waals surface area contributed by atoms with Gasteiger partial charge in [-0.3, -0.25) is 9.20 Å². The summed E-state index contributed by atoms with van der Waals surface area (Å²) < 4.78 is 83.7.